The Hall–Kier alpha value is -2.69. The first kappa shape index (κ1) is 66.3. The molecule has 0 aromatic heterocycles. The number of allylic oxidation sites excluding steroid dienone is 15. The number of aliphatic hydroxyl groups excluding tert-OH is 2. The zero-order valence-electron chi connectivity index (χ0n) is 45.8. The second-order valence-corrected chi connectivity index (χ2v) is 20.0. The van der Waals surface area contributed by atoms with Gasteiger partial charge in [0.05, 0.1) is 18.8 Å². The summed E-state index contributed by atoms with van der Waals surface area (Å²) >= 11 is 0. The Morgan fingerprint density at radius 3 is 0.957 bits per heavy atom. The van der Waals surface area contributed by atoms with Crippen LogP contribution in [0.4, 0.5) is 0 Å². The van der Waals surface area contributed by atoms with E-state index in [9.17, 15) is 15.0 Å². The Bertz CT molecular complexity index is 1270. The third-order valence-electron chi connectivity index (χ3n) is 13.3. The van der Waals surface area contributed by atoms with E-state index in [4.69, 9.17) is 0 Å². The molecule has 0 aromatic carbocycles. The van der Waals surface area contributed by atoms with Crippen molar-refractivity contribution in [2.75, 3.05) is 6.61 Å². The Labute approximate surface area is 430 Å². The summed E-state index contributed by atoms with van der Waals surface area (Å²) < 4.78 is 0. The predicted octanol–water partition coefficient (Wildman–Crippen LogP) is 20.1. The van der Waals surface area contributed by atoms with Gasteiger partial charge in [-0.3, -0.25) is 4.79 Å². The van der Waals surface area contributed by atoms with E-state index in [0.29, 0.717) is 6.42 Å². The minimum Gasteiger partial charge on any atom is -0.394 e. The summed E-state index contributed by atoms with van der Waals surface area (Å²) in [5.41, 5.74) is 0. The molecule has 0 heterocycles. The molecule has 0 rings (SSSR count). The van der Waals surface area contributed by atoms with E-state index in [-0.39, 0.29) is 12.5 Å². The highest BCUT2D eigenvalue weighted by molar-refractivity contribution is 5.76. The summed E-state index contributed by atoms with van der Waals surface area (Å²) in [6.45, 7) is 4.21. The van der Waals surface area contributed by atoms with Crippen molar-refractivity contribution >= 4 is 5.91 Å². The molecule has 0 bridgehead atoms. The van der Waals surface area contributed by atoms with Crippen LogP contribution in [0, 0.1) is 0 Å². The van der Waals surface area contributed by atoms with Crippen LogP contribution in [0.5, 0.6) is 0 Å². The van der Waals surface area contributed by atoms with Crippen molar-refractivity contribution in [1.82, 2.24) is 5.32 Å². The third kappa shape index (κ3) is 56.1. The Morgan fingerprint density at radius 2 is 0.638 bits per heavy atom. The van der Waals surface area contributed by atoms with Gasteiger partial charge in [0.25, 0.3) is 0 Å². The molecule has 0 spiro atoms. The van der Waals surface area contributed by atoms with Gasteiger partial charge in [-0.1, -0.05) is 304 Å². The van der Waals surface area contributed by atoms with E-state index in [0.717, 1.165) is 70.6 Å². The van der Waals surface area contributed by atoms with E-state index in [2.05, 4.69) is 104 Å². The van der Waals surface area contributed by atoms with Crippen molar-refractivity contribution in [3.05, 3.63) is 97.2 Å². The van der Waals surface area contributed by atoms with E-state index in [1.807, 2.05) is 6.08 Å². The summed E-state index contributed by atoms with van der Waals surface area (Å²) in [5.74, 6) is -0.0643. The first-order chi connectivity index (χ1) is 34.2. The highest BCUT2D eigenvalue weighted by Gasteiger charge is 2.18. The van der Waals surface area contributed by atoms with Crippen molar-refractivity contribution in [3.8, 4) is 0 Å². The molecular formula is C65H115NO3. The summed E-state index contributed by atoms with van der Waals surface area (Å²) in [4.78, 5) is 12.5. The number of hydrogen-bond acceptors (Lipinski definition) is 3. The van der Waals surface area contributed by atoms with Gasteiger partial charge in [-0.15, -0.1) is 0 Å². The van der Waals surface area contributed by atoms with Gasteiger partial charge in [0.2, 0.25) is 5.91 Å². The Kier molecular flexibility index (Phi) is 57.3. The van der Waals surface area contributed by atoms with Gasteiger partial charge in [0.15, 0.2) is 0 Å². The average Bonchev–Trinajstić information content (AvgIpc) is 3.35. The first-order valence-corrected chi connectivity index (χ1v) is 30.0. The second kappa shape index (κ2) is 59.6. The molecule has 398 valence electrons. The molecule has 0 aliphatic heterocycles. The maximum Gasteiger partial charge on any atom is 0.220 e. The Balaban J connectivity index is 3.52. The molecule has 0 aromatic rings. The number of carbonyl (C=O) groups is 1. The highest BCUT2D eigenvalue weighted by Crippen LogP contribution is 2.17. The summed E-state index contributed by atoms with van der Waals surface area (Å²) in [6, 6.07) is -0.627. The lowest BCUT2D eigenvalue weighted by atomic mass is 10.0. The van der Waals surface area contributed by atoms with E-state index >= 15 is 0 Å². The molecule has 69 heavy (non-hydrogen) atoms. The lowest BCUT2D eigenvalue weighted by Gasteiger charge is -2.20. The fraction of sp³-hybridized carbons (Fsp3) is 0.738. The van der Waals surface area contributed by atoms with E-state index in [1.165, 1.54) is 199 Å². The van der Waals surface area contributed by atoms with Gasteiger partial charge in [-0.2, -0.15) is 0 Å². The van der Waals surface area contributed by atoms with Gasteiger partial charge in [-0.05, 0) is 77.0 Å². The molecular weight excluding hydrogens is 843 g/mol. The number of rotatable bonds is 54. The number of unbranched alkanes of at least 4 members (excludes halogenated alkanes) is 33. The van der Waals surface area contributed by atoms with Crippen LogP contribution in [0.15, 0.2) is 97.2 Å². The normalized spacial score (nSPS) is 13.5. The molecule has 0 saturated heterocycles. The van der Waals surface area contributed by atoms with E-state index in [1.54, 1.807) is 6.08 Å². The van der Waals surface area contributed by atoms with Gasteiger partial charge in [0.1, 0.15) is 0 Å². The zero-order chi connectivity index (χ0) is 49.9. The van der Waals surface area contributed by atoms with Crippen molar-refractivity contribution in [3.63, 3.8) is 0 Å². The minimum atomic E-state index is -0.844. The number of nitrogens with one attached hydrogen (secondary N) is 1. The molecule has 2 unspecified atom stereocenters. The van der Waals surface area contributed by atoms with Crippen LogP contribution in [0.1, 0.15) is 290 Å². The van der Waals surface area contributed by atoms with Crippen molar-refractivity contribution in [1.29, 1.82) is 0 Å². The fourth-order valence-electron chi connectivity index (χ4n) is 8.81. The van der Waals surface area contributed by atoms with Crippen molar-refractivity contribution in [2.24, 2.45) is 0 Å². The Morgan fingerprint density at radius 1 is 0.362 bits per heavy atom. The molecule has 0 aliphatic rings. The number of carbonyl (C=O) groups excluding carboxylic acids is 1. The molecule has 4 heteroatoms. The molecule has 2 atom stereocenters. The molecule has 1 amide bonds. The topological polar surface area (TPSA) is 69.6 Å². The second-order valence-electron chi connectivity index (χ2n) is 20.0. The van der Waals surface area contributed by atoms with Crippen LogP contribution in [0.25, 0.3) is 0 Å². The SMILES string of the molecule is CC/C=C\C/C=C\C/C=C\C/C=C\C/C=C\C/C=C\C/C=C\CCCCCCCCCCCCCCCCCC(=O)NC(CO)C(O)/C=C/CCCCCCCCCCCCCCCCCCCC. The number of hydrogen-bond donors (Lipinski definition) is 3. The van der Waals surface area contributed by atoms with Crippen LogP contribution in [0.2, 0.25) is 0 Å². The lowest BCUT2D eigenvalue weighted by molar-refractivity contribution is -0.123. The van der Waals surface area contributed by atoms with Crippen LogP contribution in [-0.4, -0.2) is 34.9 Å². The third-order valence-corrected chi connectivity index (χ3v) is 13.3. The fourth-order valence-corrected chi connectivity index (χ4v) is 8.81. The average molecular weight is 959 g/mol. The minimum absolute atomic E-state index is 0.0643. The zero-order valence-corrected chi connectivity index (χ0v) is 45.8. The van der Waals surface area contributed by atoms with Crippen LogP contribution < -0.4 is 5.32 Å². The molecule has 0 fully saturated rings. The van der Waals surface area contributed by atoms with Crippen molar-refractivity contribution in [2.45, 2.75) is 302 Å². The molecule has 0 aliphatic carbocycles. The maximum atomic E-state index is 12.5. The highest BCUT2D eigenvalue weighted by atomic mass is 16.3. The number of amides is 1. The van der Waals surface area contributed by atoms with Crippen LogP contribution in [-0.2, 0) is 4.79 Å². The maximum absolute atomic E-state index is 12.5. The predicted molar refractivity (Wildman–Crippen MR) is 308 cm³/mol. The standard InChI is InChI=1S/C65H115NO3/c1-3-5-7-9-11-13-15-17-19-21-23-25-26-27-28-29-30-31-32-33-34-35-36-37-38-39-40-41-43-45-47-49-51-53-55-57-59-61-65(69)66-63(62-67)64(68)60-58-56-54-52-50-48-46-44-42-24-22-20-18-16-14-12-10-8-6-4-2/h5,7,11,13,17,19,23,25,27-28,30-31,33-34,58,60,63-64,67-68H,3-4,6,8-10,12,14-16,18,20-22,24,26,29,32,35-57,59,61-62H2,1-2H3,(H,66,69)/b7-5-,13-11-,19-17-,25-23-,28-27-,31-30-,34-33-,60-58+. The molecule has 0 radical (unpaired) electrons. The van der Waals surface area contributed by atoms with Gasteiger partial charge in [0, 0.05) is 6.42 Å². The van der Waals surface area contributed by atoms with Gasteiger partial charge < -0.3 is 15.5 Å². The molecule has 4 nitrogen and oxygen atoms in total. The number of aliphatic hydroxyl groups is 2. The van der Waals surface area contributed by atoms with Gasteiger partial charge >= 0.3 is 0 Å². The first-order valence-electron chi connectivity index (χ1n) is 30.0. The summed E-state index contributed by atoms with van der Waals surface area (Å²) in [7, 11) is 0. The summed E-state index contributed by atoms with van der Waals surface area (Å²) in [5, 5.41) is 23.2. The quantitative estimate of drug-likeness (QED) is 0.0420. The van der Waals surface area contributed by atoms with Crippen LogP contribution in [0.3, 0.4) is 0 Å². The smallest absolute Gasteiger partial charge is 0.220 e. The largest absolute Gasteiger partial charge is 0.394 e. The van der Waals surface area contributed by atoms with E-state index < -0.39 is 12.1 Å². The van der Waals surface area contributed by atoms with Crippen LogP contribution >= 0.6 is 0 Å². The monoisotopic (exact) mass is 958 g/mol. The molecule has 3 N–H and O–H groups in total. The summed E-state index contributed by atoms with van der Waals surface area (Å²) in [6.07, 6.45) is 88.6. The lowest BCUT2D eigenvalue weighted by Crippen LogP contribution is -2.45. The van der Waals surface area contributed by atoms with Crippen molar-refractivity contribution < 1.29 is 15.0 Å². The van der Waals surface area contributed by atoms with Gasteiger partial charge in [-0.25, -0.2) is 0 Å². The molecule has 0 saturated carbocycles.